The fourth-order valence-electron chi connectivity index (χ4n) is 1.72. The van der Waals surface area contributed by atoms with Crippen molar-refractivity contribution in [1.82, 2.24) is 4.90 Å². The zero-order chi connectivity index (χ0) is 14.6. The van der Waals surface area contributed by atoms with Gasteiger partial charge in [0.05, 0.1) is 6.42 Å². The Morgan fingerprint density at radius 2 is 2.05 bits per heavy atom. The molecule has 0 aliphatic rings. The topological polar surface area (TPSA) is 40.5 Å². The minimum absolute atomic E-state index is 0.185. The maximum atomic E-state index is 12.9. The average Bonchev–Trinajstić information content (AvgIpc) is 2.24. The van der Waals surface area contributed by atoms with Gasteiger partial charge in [-0.05, 0) is 24.7 Å². The Balaban J connectivity index is 2.82. The van der Waals surface area contributed by atoms with Gasteiger partial charge in [-0.3, -0.25) is 9.69 Å². The molecule has 0 saturated carbocycles. The van der Waals surface area contributed by atoms with Crippen LogP contribution in [-0.2, 0) is 11.3 Å². The number of hydrogen-bond donors (Lipinski definition) is 1. The molecule has 106 valence electrons. The van der Waals surface area contributed by atoms with E-state index < -0.39 is 30.4 Å². The molecule has 0 heterocycles. The molecule has 1 unspecified atom stereocenters. The van der Waals surface area contributed by atoms with E-state index in [1.54, 1.807) is 0 Å². The Hall–Kier alpha value is -1.63. The van der Waals surface area contributed by atoms with Crippen LogP contribution in [0.4, 0.5) is 17.6 Å². The summed E-state index contributed by atoms with van der Waals surface area (Å²) in [6, 6.07) is 3.06. The molecular formula is C12H13F4NO2. The molecule has 0 amide bonds. The van der Waals surface area contributed by atoms with Crippen molar-refractivity contribution in [3.8, 4) is 0 Å². The van der Waals surface area contributed by atoms with Gasteiger partial charge in [-0.1, -0.05) is 12.1 Å². The van der Waals surface area contributed by atoms with Crippen LogP contribution in [0.15, 0.2) is 24.3 Å². The van der Waals surface area contributed by atoms with Crippen molar-refractivity contribution in [2.45, 2.75) is 25.2 Å². The van der Waals surface area contributed by atoms with E-state index in [1.807, 2.05) is 0 Å². The van der Waals surface area contributed by atoms with Gasteiger partial charge in [0.2, 0.25) is 0 Å². The Kier molecular flexibility index (Phi) is 4.88. The number of nitrogens with zero attached hydrogens (tertiary/aromatic N) is 1. The maximum Gasteiger partial charge on any atom is 0.404 e. The molecule has 1 N–H and O–H groups in total. The van der Waals surface area contributed by atoms with E-state index in [0.29, 0.717) is 5.56 Å². The van der Waals surface area contributed by atoms with E-state index in [2.05, 4.69) is 0 Å². The fourth-order valence-corrected chi connectivity index (χ4v) is 1.72. The van der Waals surface area contributed by atoms with Gasteiger partial charge >= 0.3 is 12.1 Å². The van der Waals surface area contributed by atoms with E-state index in [4.69, 9.17) is 5.11 Å². The molecule has 19 heavy (non-hydrogen) atoms. The summed E-state index contributed by atoms with van der Waals surface area (Å²) in [4.78, 5) is 11.3. The highest BCUT2D eigenvalue weighted by molar-refractivity contribution is 5.67. The summed E-state index contributed by atoms with van der Waals surface area (Å²) in [6.45, 7) is -0.185. The maximum absolute atomic E-state index is 12.9. The van der Waals surface area contributed by atoms with Crippen LogP contribution in [0.1, 0.15) is 12.0 Å². The lowest BCUT2D eigenvalue weighted by molar-refractivity contribution is -0.188. The predicted molar refractivity (Wildman–Crippen MR) is 60.0 cm³/mol. The molecular weight excluding hydrogens is 266 g/mol. The number of carboxylic acids is 1. The van der Waals surface area contributed by atoms with Gasteiger partial charge in [0.1, 0.15) is 11.9 Å². The van der Waals surface area contributed by atoms with Crippen LogP contribution in [0.25, 0.3) is 0 Å². The van der Waals surface area contributed by atoms with Crippen LogP contribution in [-0.4, -0.2) is 35.2 Å². The van der Waals surface area contributed by atoms with Crippen LogP contribution in [0, 0.1) is 5.82 Å². The van der Waals surface area contributed by atoms with Crippen LogP contribution < -0.4 is 0 Å². The number of aliphatic carboxylic acids is 1. The predicted octanol–water partition coefficient (Wildman–Crippen LogP) is 2.66. The molecule has 0 fully saturated rings. The van der Waals surface area contributed by atoms with Crippen molar-refractivity contribution in [2.24, 2.45) is 0 Å². The molecule has 1 atom stereocenters. The highest BCUT2D eigenvalue weighted by Gasteiger charge is 2.43. The lowest BCUT2D eigenvalue weighted by Gasteiger charge is -2.28. The normalized spacial score (nSPS) is 13.6. The lowest BCUT2D eigenvalue weighted by Crippen LogP contribution is -2.44. The number of benzene rings is 1. The smallest absolute Gasteiger partial charge is 0.404 e. The molecule has 0 spiro atoms. The van der Waals surface area contributed by atoms with E-state index in [-0.39, 0.29) is 6.54 Å². The van der Waals surface area contributed by atoms with Crippen LogP contribution >= 0.6 is 0 Å². The van der Waals surface area contributed by atoms with Gasteiger partial charge in [-0.15, -0.1) is 0 Å². The molecule has 0 aliphatic heterocycles. The number of rotatable bonds is 5. The summed E-state index contributed by atoms with van der Waals surface area (Å²) in [5.74, 6) is -2.08. The summed E-state index contributed by atoms with van der Waals surface area (Å²) >= 11 is 0. The van der Waals surface area contributed by atoms with Gasteiger partial charge in [-0.2, -0.15) is 13.2 Å². The lowest BCUT2D eigenvalue weighted by atomic mass is 10.1. The van der Waals surface area contributed by atoms with Crippen molar-refractivity contribution in [1.29, 1.82) is 0 Å². The first kappa shape index (κ1) is 15.4. The van der Waals surface area contributed by atoms with Crippen LogP contribution in [0.2, 0.25) is 0 Å². The minimum atomic E-state index is -4.65. The second kappa shape index (κ2) is 6.01. The fraction of sp³-hybridized carbons (Fsp3) is 0.417. The number of carboxylic acid groups (broad SMARTS) is 1. The third-order valence-electron chi connectivity index (χ3n) is 2.60. The van der Waals surface area contributed by atoms with Crippen LogP contribution in [0.5, 0.6) is 0 Å². The Morgan fingerprint density at radius 1 is 1.42 bits per heavy atom. The number of hydrogen-bond acceptors (Lipinski definition) is 2. The summed E-state index contributed by atoms with van der Waals surface area (Å²) in [6.07, 6.45) is -5.70. The van der Waals surface area contributed by atoms with Gasteiger partial charge in [0.15, 0.2) is 0 Å². The minimum Gasteiger partial charge on any atom is -0.481 e. The largest absolute Gasteiger partial charge is 0.481 e. The van der Waals surface area contributed by atoms with Gasteiger partial charge in [0.25, 0.3) is 0 Å². The zero-order valence-electron chi connectivity index (χ0n) is 10.1. The molecule has 3 nitrogen and oxygen atoms in total. The highest BCUT2D eigenvalue weighted by Crippen LogP contribution is 2.27. The van der Waals surface area contributed by atoms with Crippen molar-refractivity contribution >= 4 is 5.97 Å². The highest BCUT2D eigenvalue weighted by atomic mass is 19.4. The van der Waals surface area contributed by atoms with E-state index in [0.717, 1.165) is 18.0 Å². The SMILES string of the molecule is CN(Cc1cccc(F)c1)C(CC(=O)O)C(F)(F)F. The van der Waals surface area contributed by atoms with E-state index in [9.17, 15) is 22.4 Å². The van der Waals surface area contributed by atoms with Crippen LogP contribution in [0.3, 0.4) is 0 Å². The summed E-state index contributed by atoms with van der Waals surface area (Å²) < 4.78 is 51.1. The van der Waals surface area contributed by atoms with Crippen molar-refractivity contribution in [2.75, 3.05) is 7.05 Å². The second-order valence-electron chi connectivity index (χ2n) is 4.20. The molecule has 0 aromatic heterocycles. The first-order valence-corrected chi connectivity index (χ1v) is 5.43. The second-order valence-corrected chi connectivity index (χ2v) is 4.20. The molecule has 1 aromatic rings. The van der Waals surface area contributed by atoms with Crippen molar-refractivity contribution in [3.63, 3.8) is 0 Å². The molecule has 0 radical (unpaired) electrons. The average molecular weight is 279 g/mol. The van der Waals surface area contributed by atoms with E-state index >= 15 is 0 Å². The summed E-state index contributed by atoms with van der Waals surface area (Å²) in [5.41, 5.74) is 0.349. The van der Waals surface area contributed by atoms with Gasteiger partial charge in [-0.25, -0.2) is 4.39 Å². The molecule has 0 bridgehead atoms. The Bertz CT molecular complexity index is 448. The first-order chi connectivity index (χ1) is 8.70. The Morgan fingerprint density at radius 3 is 2.53 bits per heavy atom. The van der Waals surface area contributed by atoms with Gasteiger partial charge < -0.3 is 5.11 Å². The molecule has 1 rings (SSSR count). The van der Waals surface area contributed by atoms with Crippen molar-refractivity contribution < 1.29 is 27.5 Å². The third-order valence-corrected chi connectivity index (χ3v) is 2.60. The zero-order valence-corrected chi connectivity index (χ0v) is 10.1. The summed E-state index contributed by atoms with van der Waals surface area (Å²) in [7, 11) is 1.16. The number of alkyl halides is 3. The van der Waals surface area contributed by atoms with Gasteiger partial charge in [0, 0.05) is 6.54 Å². The molecule has 0 aliphatic carbocycles. The van der Waals surface area contributed by atoms with Crippen molar-refractivity contribution in [3.05, 3.63) is 35.6 Å². The molecule has 0 saturated heterocycles. The molecule has 7 heteroatoms. The quantitative estimate of drug-likeness (QED) is 0.842. The van der Waals surface area contributed by atoms with E-state index in [1.165, 1.54) is 18.2 Å². The first-order valence-electron chi connectivity index (χ1n) is 5.43. The number of carbonyl (C=O) groups is 1. The Labute approximate surface area is 107 Å². The summed E-state index contributed by atoms with van der Waals surface area (Å²) in [5, 5.41) is 8.52. The monoisotopic (exact) mass is 279 g/mol. The third kappa shape index (κ3) is 4.86. The number of halogens is 4. The standard InChI is InChI=1S/C12H13F4NO2/c1-17(7-8-3-2-4-9(13)5-8)10(6-11(18)19)12(14,15)16/h2-5,10H,6-7H2,1H3,(H,18,19). The molecule has 1 aromatic carbocycles.